The van der Waals surface area contributed by atoms with Crippen LogP contribution in [0.3, 0.4) is 0 Å². The summed E-state index contributed by atoms with van der Waals surface area (Å²) in [5, 5.41) is 9.94. The number of para-hydroxylation sites is 2. The molecule has 0 aliphatic carbocycles. The Morgan fingerprint density at radius 1 is 1.10 bits per heavy atom. The van der Waals surface area contributed by atoms with E-state index in [2.05, 4.69) is 0 Å². The summed E-state index contributed by atoms with van der Waals surface area (Å²) in [6, 6.07) is 14.7. The maximum atomic E-state index is 12.1. The maximum Gasteiger partial charge on any atom is 0.329 e. The Bertz CT molecular complexity index is 621. The van der Waals surface area contributed by atoms with Crippen molar-refractivity contribution in [3.8, 4) is 11.5 Å². The normalized spacial score (nSPS) is 14.8. The Labute approximate surface area is 121 Å². The van der Waals surface area contributed by atoms with Crippen LogP contribution in [0.5, 0.6) is 11.5 Å². The Morgan fingerprint density at radius 3 is 2.05 bits per heavy atom. The van der Waals surface area contributed by atoms with Crippen molar-refractivity contribution in [2.75, 3.05) is 5.75 Å². The molecule has 1 N–H and O–H groups in total. The third-order valence-electron chi connectivity index (χ3n) is 3.41. The summed E-state index contributed by atoms with van der Waals surface area (Å²) < 4.78 is 4.76. The zero-order valence-electron chi connectivity index (χ0n) is 11.0. The molecule has 3 nitrogen and oxygen atoms in total. The summed E-state index contributed by atoms with van der Waals surface area (Å²) >= 11 is 1.41. The highest BCUT2D eigenvalue weighted by Gasteiger charge is 2.48. The molecule has 4 heteroatoms. The number of hydrogen-bond donors (Lipinski definition) is 1. The van der Waals surface area contributed by atoms with Crippen LogP contribution in [0.25, 0.3) is 0 Å². The van der Waals surface area contributed by atoms with Crippen LogP contribution in [0.4, 0.5) is 0 Å². The highest BCUT2D eigenvalue weighted by Crippen LogP contribution is 2.53. The van der Waals surface area contributed by atoms with Gasteiger partial charge in [-0.3, -0.25) is 0 Å². The zero-order chi connectivity index (χ0) is 14.2. The van der Waals surface area contributed by atoms with Crippen molar-refractivity contribution in [2.45, 2.75) is 11.7 Å². The fourth-order valence-electron chi connectivity index (χ4n) is 2.62. The smallest absolute Gasteiger partial charge is 0.329 e. The minimum atomic E-state index is -1.10. The number of hydrogen-bond acceptors (Lipinski definition) is 3. The number of carbonyl (C=O) groups is 1. The molecule has 0 amide bonds. The van der Waals surface area contributed by atoms with Gasteiger partial charge in [-0.2, -0.15) is 0 Å². The van der Waals surface area contributed by atoms with Gasteiger partial charge in [-0.05, 0) is 17.9 Å². The predicted octanol–water partition coefficient (Wildman–Crippen LogP) is 3.87. The second kappa shape index (κ2) is 4.87. The molecule has 0 bridgehead atoms. The van der Waals surface area contributed by atoms with E-state index in [4.69, 9.17) is 4.74 Å². The van der Waals surface area contributed by atoms with Crippen molar-refractivity contribution in [3.05, 3.63) is 59.7 Å². The fraction of sp³-hybridized carbons (Fsp3) is 0.188. The van der Waals surface area contributed by atoms with E-state index < -0.39 is 10.7 Å². The molecule has 0 fully saturated rings. The third kappa shape index (κ3) is 1.72. The first-order chi connectivity index (χ1) is 9.70. The molecule has 0 unspecified atom stereocenters. The molecular formula is C16H14O3S. The van der Waals surface area contributed by atoms with E-state index >= 15 is 0 Å². The summed E-state index contributed by atoms with van der Waals surface area (Å²) in [5.74, 6) is 1.09. The van der Waals surface area contributed by atoms with Crippen LogP contribution in [0.2, 0.25) is 0 Å². The van der Waals surface area contributed by atoms with Crippen molar-refractivity contribution in [1.82, 2.24) is 0 Å². The summed E-state index contributed by atoms with van der Waals surface area (Å²) in [7, 11) is 0. The van der Waals surface area contributed by atoms with Crippen LogP contribution in [-0.2, 0) is 9.54 Å². The number of rotatable bonds is 3. The van der Waals surface area contributed by atoms with E-state index in [0.29, 0.717) is 28.4 Å². The molecule has 0 saturated heterocycles. The first-order valence-corrected chi connectivity index (χ1v) is 7.43. The average Bonchev–Trinajstić information content (AvgIpc) is 2.46. The number of benzene rings is 2. The van der Waals surface area contributed by atoms with Crippen LogP contribution < -0.4 is 4.74 Å². The van der Waals surface area contributed by atoms with Crippen molar-refractivity contribution in [3.63, 3.8) is 0 Å². The van der Waals surface area contributed by atoms with Crippen LogP contribution in [0, 0.1) is 0 Å². The van der Waals surface area contributed by atoms with Crippen molar-refractivity contribution < 1.29 is 14.6 Å². The Kier molecular flexibility index (Phi) is 3.18. The summed E-state index contributed by atoms with van der Waals surface area (Å²) in [6.45, 7) is 1.97. The quantitative estimate of drug-likeness (QED) is 0.930. The monoisotopic (exact) mass is 286 g/mol. The Balaban J connectivity index is 2.34. The number of aliphatic carboxylic acids is 1. The number of carboxylic acids is 1. The molecule has 2 aromatic rings. The minimum absolute atomic E-state index is 0.620. The van der Waals surface area contributed by atoms with Gasteiger partial charge in [-0.15, -0.1) is 11.8 Å². The van der Waals surface area contributed by atoms with Gasteiger partial charge in [-0.1, -0.05) is 43.3 Å². The van der Waals surface area contributed by atoms with Gasteiger partial charge in [0.1, 0.15) is 11.5 Å². The number of ether oxygens (including phenoxy) is 1. The van der Waals surface area contributed by atoms with Gasteiger partial charge in [0.05, 0.1) is 0 Å². The maximum absolute atomic E-state index is 12.1. The lowest BCUT2D eigenvalue weighted by Crippen LogP contribution is -2.36. The van der Waals surface area contributed by atoms with Crippen molar-refractivity contribution in [1.29, 1.82) is 0 Å². The number of fused-ring (bicyclic) bond motifs is 2. The topological polar surface area (TPSA) is 46.5 Å². The van der Waals surface area contributed by atoms with Gasteiger partial charge in [0.25, 0.3) is 0 Å². The van der Waals surface area contributed by atoms with Crippen molar-refractivity contribution in [2.24, 2.45) is 0 Å². The molecule has 2 aromatic carbocycles. The van der Waals surface area contributed by atoms with Crippen LogP contribution in [0.1, 0.15) is 18.1 Å². The molecule has 20 heavy (non-hydrogen) atoms. The predicted molar refractivity (Wildman–Crippen MR) is 79.5 cm³/mol. The zero-order valence-corrected chi connectivity index (χ0v) is 11.8. The SMILES string of the molecule is CCSC1(C(=O)O)c2ccccc2Oc2ccccc21. The molecule has 0 spiro atoms. The van der Waals surface area contributed by atoms with E-state index in [0.717, 1.165) is 0 Å². The molecule has 102 valence electrons. The Hall–Kier alpha value is -1.94. The van der Waals surface area contributed by atoms with Crippen LogP contribution >= 0.6 is 11.8 Å². The largest absolute Gasteiger partial charge is 0.480 e. The number of thioether (sulfide) groups is 1. The van der Waals surface area contributed by atoms with Gasteiger partial charge in [0.15, 0.2) is 4.75 Å². The fourth-order valence-corrected chi connectivity index (χ4v) is 3.83. The lowest BCUT2D eigenvalue weighted by molar-refractivity contribution is -0.139. The third-order valence-corrected chi connectivity index (χ3v) is 4.75. The molecule has 1 aliphatic rings. The average molecular weight is 286 g/mol. The van der Waals surface area contributed by atoms with E-state index in [-0.39, 0.29) is 0 Å². The molecular weight excluding hydrogens is 272 g/mol. The standard InChI is InChI=1S/C16H14O3S/c1-2-20-16(15(17)18)11-7-3-5-9-13(11)19-14-10-6-4-8-12(14)16/h3-10H,2H2,1H3,(H,17,18). The van der Waals surface area contributed by atoms with Gasteiger partial charge in [0.2, 0.25) is 0 Å². The molecule has 0 saturated carbocycles. The summed E-state index contributed by atoms with van der Waals surface area (Å²) in [5.41, 5.74) is 1.41. The second-order valence-electron chi connectivity index (χ2n) is 4.51. The van der Waals surface area contributed by atoms with E-state index in [1.807, 2.05) is 55.5 Å². The molecule has 1 heterocycles. The van der Waals surface area contributed by atoms with E-state index in [1.54, 1.807) is 0 Å². The van der Waals surface area contributed by atoms with Gasteiger partial charge in [0, 0.05) is 11.1 Å². The first kappa shape index (κ1) is 13.1. The minimum Gasteiger partial charge on any atom is -0.480 e. The molecule has 3 rings (SSSR count). The first-order valence-electron chi connectivity index (χ1n) is 6.44. The molecule has 0 radical (unpaired) electrons. The number of carboxylic acid groups (broad SMARTS) is 1. The highest BCUT2D eigenvalue weighted by molar-refractivity contribution is 8.01. The van der Waals surface area contributed by atoms with Crippen molar-refractivity contribution >= 4 is 17.7 Å². The lowest BCUT2D eigenvalue weighted by atomic mass is 9.87. The lowest BCUT2D eigenvalue weighted by Gasteiger charge is -2.36. The van der Waals surface area contributed by atoms with Gasteiger partial charge < -0.3 is 9.84 Å². The van der Waals surface area contributed by atoms with E-state index in [1.165, 1.54) is 11.8 Å². The van der Waals surface area contributed by atoms with Crippen LogP contribution in [-0.4, -0.2) is 16.8 Å². The highest BCUT2D eigenvalue weighted by atomic mass is 32.2. The van der Waals surface area contributed by atoms with Crippen LogP contribution in [0.15, 0.2) is 48.5 Å². The van der Waals surface area contributed by atoms with Gasteiger partial charge >= 0.3 is 5.97 Å². The molecule has 0 aromatic heterocycles. The van der Waals surface area contributed by atoms with Gasteiger partial charge in [-0.25, -0.2) is 4.79 Å². The van der Waals surface area contributed by atoms with E-state index in [9.17, 15) is 9.90 Å². The Morgan fingerprint density at radius 2 is 1.60 bits per heavy atom. The molecule has 1 aliphatic heterocycles. The summed E-state index contributed by atoms with van der Waals surface area (Å²) in [4.78, 5) is 12.1. The second-order valence-corrected chi connectivity index (χ2v) is 5.99. The summed E-state index contributed by atoms with van der Waals surface area (Å²) in [6.07, 6.45) is 0. The molecule has 0 atom stereocenters.